The maximum atomic E-state index is 14.1. The summed E-state index contributed by atoms with van der Waals surface area (Å²) in [6, 6.07) is 23.3. The summed E-state index contributed by atoms with van der Waals surface area (Å²) < 4.78 is 13.8. The van der Waals surface area contributed by atoms with Gasteiger partial charge in [-0.3, -0.25) is 4.79 Å². The van der Waals surface area contributed by atoms with E-state index in [4.69, 9.17) is 16.6 Å². The number of amides is 1. The molecule has 1 amide bonds. The minimum atomic E-state index is -1.01. The Balaban J connectivity index is 1.48. The summed E-state index contributed by atoms with van der Waals surface area (Å²) in [5.41, 5.74) is 3.31. The molecule has 2 atom stereocenters. The van der Waals surface area contributed by atoms with Crippen LogP contribution >= 0.6 is 11.6 Å². The van der Waals surface area contributed by atoms with Gasteiger partial charge in [0, 0.05) is 31.9 Å². The first kappa shape index (κ1) is 26.8. The van der Waals surface area contributed by atoms with Crippen molar-refractivity contribution in [1.82, 2.24) is 14.9 Å². The van der Waals surface area contributed by atoms with Crippen molar-refractivity contribution in [2.45, 2.75) is 38.0 Å². The Kier molecular flexibility index (Phi) is 8.19. The van der Waals surface area contributed by atoms with E-state index >= 15 is 0 Å². The molecule has 1 fully saturated rings. The fourth-order valence-electron chi connectivity index (χ4n) is 5.07. The minimum Gasteiger partial charge on any atom is -0.386 e. The number of carbonyl (C=O) groups is 1. The Hall–Kier alpha value is -3.81. The lowest BCUT2D eigenvalue weighted by atomic mass is 9.92. The second-order valence-electron chi connectivity index (χ2n) is 9.82. The summed E-state index contributed by atoms with van der Waals surface area (Å²) in [7, 11) is 1.92. The van der Waals surface area contributed by atoms with Crippen LogP contribution in [0.3, 0.4) is 0 Å². The molecule has 4 aromatic rings. The van der Waals surface area contributed by atoms with Gasteiger partial charge in [-0.05, 0) is 42.5 Å². The van der Waals surface area contributed by atoms with Gasteiger partial charge in [-0.25, -0.2) is 14.4 Å². The maximum absolute atomic E-state index is 14.1. The van der Waals surface area contributed by atoms with Crippen LogP contribution in [0.25, 0.3) is 11.3 Å². The first-order valence-electron chi connectivity index (χ1n) is 13.0. The average molecular weight is 545 g/mol. The molecule has 1 aliphatic rings. The molecule has 200 valence electrons. The molecule has 0 spiro atoms. The zero-order chi connectivity index (χ0) is 27.4. The third kappa shape index (κ3) is 5.95. The van der Waals surface area contributed by atoms with Gasteiger partial charge >= 0.3 is 0 Å². The Morgan fingerprint density at radius 3 is 2.54 bits per heavy atom. The summed E-state index contributed by atoms with van der Waals surface area (Å²) in [5.74, 6) is -0.292. The second kappa shape index (κ2) is 11.9. The number of piperidine rings is 1. The number of likely N-dealkylation sites (tertiary alicyclic amines) is 1. The van der Waals surface area contributed by atoms with E-state index in [2.05, 4.69) is 4.98 Å². The highest BCUT2D eigenvalue weighted by atomic mass is 35.5. The highest BCUT2D eigenvalue weighted by Gasteiger charge is 2.35. The van der Waals surface area contributed by atoms with Crippen molar-refractivity contribution >= 4 is 23.5 Å². The Morgan fingerprint density at radius 1 is 1.10 bits per heavy atom. The van der Waals surface area contributed by atoms with Gasteiger partial charge in [0.05, 0.1) is 28.4 Å². The molecule has 8 heteroatoms. The van der Waals surface area contributed by atoms with Crippen molar-refractivity contribution in [3.05, 3.63) is 113 Å². The van der Waals surface area contributed by atoms with Crippen LogP contribution in [0.2, 0.25) is 5.02 Å². The first-order valence-corrected chi connectivity index (χ1v) is 13.4. The minimum absolute atomic E-state index is 0.0600. The number of hydrogen-bond donors (Lipinski definition) is 1. The molecule has 1 aliphatic heterocycles. The number of anilines is 1. The standard InChI is InChI=1S/C31H30ClFN4O2/c1-36(20-21-10-4-2-5-11-21)31-34-19-24(28(35-31)22-12-6-3-7-13-22)30(39)37-17-9-8-14-27(37)29(38)23-15-16-26(33)25(32)18-23/h2-7,10-13,15-16,18-19,27,29,38H,8-9,14,17,20H2,1H3. The lowest BCUT2D eigenvalue weighted by Crippen LogP contribution is -2.47. The van der Waals surface area contributed by atoms with Crippen LogP contribution in [0.15, 0.2) is 85.1 Å². The van der Waals surface area contributed by atoms with Gasteiger partial charge in [-0.1, -0.05) is 78.3 Å². The zero-order valence-electron chi connectivity index (χ0n) is 21.7. The quantitative estimate of drug-likeness (QED) is 0.296. The summed E-state index contributed by atoms with van der Waals surface area (Å²) in [6.07, 6.45) is 2.87. The van der Waals surface area contributed by atoms with Crippen molar-refractivity contribution in [2.24, 2.45) is 0 Å². The van der Waals surface area contributed by atoms with Crippen molar-refractivity contribution in [3.63, 3.8) is 0 Å². The van der Waals surface area contributed by atoms with E-state index in [-0.39, 0.29) is 10.9 Å². The predicted octanol–water partition coefficient (Wildman–Crippen LogP) is 6.30. The number of rotatable bonds is 7. The van der Waals surface area contributed by atoms with Gasteiger partial charge < -0.3 is 14.9 Å². The number of aliphatic hydroxyl groups is 1. The van der Waals surface area contributed by atoms with Gasteiger partial charge in [0.25, 0.3) is 5.91 Å². The maximum Gasteiger partial charge on any atom is 0.258 e. The number of nitrogens with zero attached hydrogens (tertiary/aromatic N) is 4. The smallest absolute Gasteiger partial charge is 0.258 e. The molecule has 0 saturated carbocycles. The molecule has 6 nitrogen and oxygen atoms in total. The number of benzene rings is 3. The Morgan fingerprint density at radius 2 is 1.82 bits per heavy atom. The van der Waals surface area contributed by atoms with E-state index in [1.807, 2.05) is 72.6 Å². The lowest BCUT2D eigenvalue weighted by molar-refractivity contribution is 0.0211. The van der Waals surface area contributed by atoms with Crippen LogP contribution in [0.5, 0.6) is 0 Å². The van der Waals surface area contributed by atoms with Crippen LogP contribution in [0, 0.1) is 5.82 Å². The number of aromatic nitrogens is 2. The van der Waals surface area contributed by atoms with Crippen molar-refractivity contribution < 1.29 is 14.3 Å². The van der Waals surface area contributed by atoms with Crippen LogP contribution < -0.4 is 4.90 Å². The fourth-order valence-corrected chi connectivity index (χ4v) is 5.26. The van der Waals surface area contributed by atoms with E-state index in [1.54, 1.807) is 11.1 Å². The normalized spacial score (nSPS) is 16.1. The van der Waals surface area contributed by atoms with Crippen molar-refractivity contribution in [2.75, 3.05) is 18.5 Å². The summed E-state index contributed by atoms with van der Waals surface area (Å²) in [4.78, 5) is 27.1. The van der Waals surface area contributed by atoms with Crippen LogP contribution in [0.1, 0.15) is 46.9 Å². The molecule has 5 rings (SSSR count). The lowest BCUT2D eigenvalue weighted by Gasteiger charge is -2.39. The fraction of sp³-hybridized carbons (Fsp3) is 0.258. The second-order valence-corrected chi connectivity index (χ2v) is 10.2. The predicted molar refractivity (Wildman–Crippen MR) is 151 cm³/mol. The highest BCUT2D eigenvalue weighted by Crippen LogP contribution is 2.33. The molecule has 1 saturated heterocycles. The molecular weight excluding hydrogens is 515 g/mol. The van der Waals surface area contributed by atoms with Gasteiger partial charge in [0.1, 0.15) is 5.82 Å². The van der Waals surface area contributed by atoms with Gasteiger partial charge in [0.2, 0.25) is 5.95 Å². The molecule has 3 aromatic carbocycles. The summed E-state index contributed by atoms with van der Waals surface area (Å²) in [6.45, 7) is 1.10. The zero-order valence-corrected chi connectivity index (χ0v) is 22.4. The SMILES string of the molecule is CN(Cc1ccccc1)c1ncc(C(=O)N2CCCCC2C(O)c2ccc(F)c(Cl)c2)c(-c2ccccc2)n1. The van der Waals surface area contributed by atoms with Crippen LogP contribution in [0.4, 0.5) is 10.3 Å². The van der Waals surface area contributed by atoms with Crippen molar-refractivity contribution in [3.8, 4) is 11.3 Å². The molecule has 2 unspecified atom stereocenters. The van der Waals surface area contributed by atoms with E-state index < -0.39 is 18.0 Å². The monoisotopic (exact) mass is 544 g/mol. The highest BCUT2D eigenvalue weighted by molar-refractivity contribution is 6.30. The van der Waals surface area contributed by atoms with Gasteiger partial charge in [-0.15, -0.1) is 0 Å². The van der Waals surface area contributed by atoms with Gasteiger partial charge in [-0.2, -0.15) is 0 Å². The van der Waals surface area contributed by atoms with Crippen molar-refractivity contribution in [1.29, 1.82) is 0 Å². The molecular formula is C31H30ClFN4O2. The third-order valence-corrected chi connectivity index (χ3v) is 7.41. The van der Waals surface area contributed by atoms with E-state index in [9.17, 15) is 14.3 Å². The summed E-state index contributed by atoms with van der Waals surface area (Å²) >= 11 is 5.98. The molecule has 2 heterocycles. The molecule has 0 aliphatic carbocycles. The van der Waals surface area contributed by atoms with Gasteiger partial charge in [0.15, 0.2) is 0 Å². The summed E-state index contributed by atoms with van der Waals surface area (Å²) in [5, 5.41) is 11.2. The molecule has 1 N–H and O–H groups in total. The average Bonchev–Trinajstić information content (AvgIpc) is 2.98. The first-order chi connectivity index (χ1) is 18.9. The van der Waals surface area contributed by atoms with E-state index in [0.717, 1.165) is 24.0 Å². The van der Waals surface area contributed by atoms with E-state index in [0.29, 0.717) is 42.3 Å². The Labute approximate surface area is 232 Å². The molecule has 0 radical (unpaired) electrons. The third-order valence-electron chi connectivity index (χ3n) is 7.12. The Bertz CT molecular complexity index is 1440. The number of carbonyl (C=O) groups excluding carboxylic acids is 1. The molecule has 1 aromatic heterocycles. The van der Waals surface area contributed by atoms with Crippen LogP contribution in [-0.2, 0) is 6.54 Å². The number of aliphatic hydroxyl groups excluding tert-OH is 1. The number of halogens is 2. The largest absolute Gasteiger partial charge is 0.386 e. The molecule has 0 bridgehead atoms. The van der Waals surface area contributed by atoms with E-state index in [1.165, 1.54) is 18.2 Å². The molecule has 39 heavy (non-hydrogen) atoms. The van der Waals surface area contributed by atoms with Crippen LogP contribution in [-0.4, -0.2) is 45.5 Å². The number of hydrogen-bond acceptors (Lipinski definition) is 5. The topological polar surface area (TPSA) is 69.6 Å².